The normalized spacial score (nSPS) is 23.4. The Hall–Kier alpha value is -2.98. The average Bonchev–Trinajstić information content (AvgIpc) is 2.87. The summed E-state index contributed by atoms with van der Waals surface area (Å²) in [6, 6.07) is 19.3. The number of ether oxygens (including phenoxy) is 6. The van der Waals surface area contributed by atoms with Crippen molar-refractivity contribution < 1.29 is 38.0 Å². The summed E-state index contributed by atoms with van der Waals surface area (Å²) in [5, 5.41) is 2.58. The van der Waals surface area contributed by atoms with Crippen molar-refractivity contribution >= 4 is 12.1 Å². The Morgan fingerprint density at radius 3 is 1.97 bits per heavy atom. The standard InChI is InChI=1S/C28H37NO8/c1-5-29-28(31)34-18-23-24(36-20(4)30)25(32-16-21-12-8-6-9-13-21)26(27(37-23)35-19(2)3)33-17-22-14-10-7-11-15-22/h6-15,19,23-27H,5,16-18H2,1-4H3,(H,29,31)/t23-,24-,25+,26-,27+/m1/s1. The van der Waals surface area contributed by atoms with Crippen molar-refractivity contribution in [3.05, 3.63) is 71.8 Å². The first kappa shape index (κ1) is 28.6. The fourth-order valence-corrected chi connectivity index (χ4v) is 3.98. The van der Waals surface area contributed by atoms with Crippen LogP contribution in [-0.2, 0) is 46.4 Å². The van der Waals surface area contributed by atoms with Crippen molar-refractivity contribution in [2.75, 3.05) is 13.2 Å². The highest BCUT2D eigenvalue weighted by Crippen LogP contribution is 2.31. The van der Waals surface area contributed by atoms with Gasteiger partial charge in [0.1, 0.15) is 24.9 Å². The van der Waals surface area contributed by atoms with E-state index in [9.17, 15) is 9.59 Å². The van der Waals surface area contributed by atoms with Crippen molar-refractivity contribution in [1.82, 2.24) is 5.32 Å². The third-order valence-electron chi connectivity index (χ3n) is 5.57. The van der Waals surface area contributed by atoms with E-state index in [2.05, 4.69) is 5.32 Å². The first-order chi connectivity index (χ1) is 17.9. The average molecular weight is 516 g/mol. The van der Waals surface area contributed by atoms with Crippen molar-refractivity contribution in [2.24, 2.45) is 0 Å². The highest BCUT2D eigenvalue weighted by molar-refractivity contribution is 5.67. The van der Waals surface area contributed by atoms with Gasteiger partial charge in [-0.2, -0.15) is 0 Å². The summed E-state index contributed by atoms with van der Waals surface area (Å²) in [6.07, 6.45) is -4.92. The second-order valence-electron chi connectivity index (χ2n) is 8.95. The predicted octanol–water partition coefficient (Wildman–Crippen LogP) is 3.98. The Labute approximate surface area is 218 Å². The molecule has 9 heteroatoms. The van der Waals surface area contributed by atoms with Gasteiger partial charge in [-0.05, 0) is 31.9 Å². The van der Waals surface area contributed by atoms with E-state index in [1.165, 1.54) is 6.92 Å². The van der Waals surface area contributed by atoms with E-state index in [-0.39, 0.29) is 25.9 Å². The zero-order chi connectivity index (χ0) is 26.6. The fraction of sp³-hybridized carbons (Fsp3) is 0.500. The molecule has 0 bridgehead atoms. The maximum atomic E-state index is 12.1. The smallest absolute Gasteiger partial charge is 0.407 e. The number of carbonyl (C=O) groups is 2. The van der Waals surface area contributed by atoms with E-state index in [1.54, 1.807) is 6.92 Å². The van der Waals surface area contributed by atoms with Gasteiger partial charge < -0.3 is 33.7 Å². The molecular weight excluding hydrogens is 478 g/mol. The van der Waals surface area contributed by atoms with Crippen LogP contribution in [0.5, 0.6) is 0 Å². The summed E-state index contributed by atoms with van der Waals surface area (Å²) in [5.74, 6) is -0.519. The van der Waals surface area contributed by atoms with Crippen LogP contribution in [0.3, 0.4) is 0 Å². The van der Waals surface area contributed by atoms with E-state index < -0.39 is 42.8 Å². The SMILES string of the molecule is CCNC(=O)OC[C@H]1O[C@H](OC(C)C)[C@H](OCc2ccccc2)[C@@H](OCc2ccccc2)[C@@H]1OC(C)=O. The number of carbonyl (C=O) groups excluding carboxylic acids is 2. The monoisotopic (exact) mass is 515 g/mol. The largest absolute Gasteiger partial charge is 0.457 e. The molecule has 1 amide bonds. The third kappa shape index (κ3) is 9.12. The van der Waals surface area contributed by atoms with Crippen molar-refractivity contribution in [2.45, 2.75) is 77.7 Å². The van der Waals surface area contributed by atoms with E-state index in [0.29, 0.717) is 6.54 Å². The molecule has 3 rings (SSSR count). The van der Waals surface area contributed by atoms with Crippen LogP contribution in [0.15, 0.2) is 60.7 Å². The number of rotatable bonds is 12. The van der Waals surface area contributed by atoms with Gasteiger partial charge in [-0.15, -0.1) is 0 Å². The Balaban J connectivity index is 1.90. The molecule has 202 valence electrons. The van der Waals surface area contributed by atoms with Gasteiger partial charge >= 0.3 is 12.1 Å². The van der Waals surface area contributed by atoms with Crippen molar-refractivity contribution in [3.8, 4) is 0 Å². The van der Waals surface area contributed by atoms with Crippen molar-refractivity contribution in [1.29, 1.82) is 0 Å². The zero-order valence-electron chi connectivity index (χ0n) is 21.8. The number of nitrogens with one attached hydrogen (secondary N) is 1. The Bertz CT molecular complexity index is 955. The number of hydrogen-bond acceptors (Lipinski definition) is 8. The number of esters is 1. The molecular formula is C28H37NO8. The van der Waals surface area contributed by atoms with Crippen LogP contribution in [0.4, 0.5) is 4.79 Å². The van der Waals surface area contributed by atoms with Crippen LogP contribution in [0.25, 0.3) is 0 Å². The lowest BCUT2D eigenvalue weighted by molar-refractivity contribution is -0.327. The Morgan fingerprint density at radius 2 is 1.46 bits per heavy atom. The van der Waals surface area contributed by atoms with Crippen LogP contribution in [-0.4, -0.2) is 62.0 Å². The number of benzene rings is 2. The maximum Gasteiger partial charge on any atom is 0.407 e. The second kappa shape index (κ2) is 14.7. The minimum atomic E-state index is -0.913. The quantitative estimate of drug-likeness (QED) is 0.424. The van der Waals surface area contributed by atoms with Gasteiger partial charge in [0.2, 0.25) is 0 Å². The van der Waals surface area contributed by atoms with Gasteiger partial charge in [0.05, 0.1) is 19.3 Å². The van der Waals surface area contributed by atoms with Gasteiger partial charge in [-0.1, -0.05) is 60.7 Å². The summed E-state index contributed by atoms with van der Waals surface area (Å²) in [4.78, 5) is 24.1. The molecule has 1 fully saturated rings. The lowest BCUT2D eigenvalue weighted by Crippen LogP contribution is -2.62. The van der Waals surface area contributed by atoms with Gasteiger partial charge in [0, 0.05) is 13.5 Å². The Morgan fingerprint density at radius 1 is 0.892 bits per heavy atom. The van der Waals surface area contributed by atoms with Crippen LogP contribution < -0.4 is 5.32 Å². The third-order valence-corrected chi connectivity index (χ3v) is 5.57. The zero-order valence-corrected chi connectivity index (χ0v) is 21.8. The van der Waals surface area contributed by atoms with Gasteiger partial charge in [0.15, 0.2) is 12.4 Å². The minimum Gasteiger partial charge on any atom is -0.457 e. The maximum absolute atomic E-state index is 12.1. The molecule has 1 N–H and O–H groups in total. The molecule has 0 radical (unpaired) electrons. The van der Waals surface area contributed by atoms with Crippen molar-refractivity contribution in [3.63, 3.8) is 0 Å². The lowest BCUT2D eigenvalue weighted by atomic mass is 9.98. The summed E-state index contributed by atoms with van der Waals surface area (Å²) in [7, 11) is 0. The van der Waals surface area contributed by atoms with Crippen LogP contribution in [0.2, 0.25) is 0 Å². The highest BCUT2D eigenvalue weighted by atomic mass is 16.7. The molecule has 1 aliphatic rings. The summed E-state index contributed by atoms with van der Waals surface area (Å²) in [5.41, 5.74) is 1.90. The lowest BCUT2D eigenvalue weighted by Gasteiger charge is -2.45. The van der Waals surface area contributed by atoms with Gasteiger partial charge in [-0.25, -0.2) is 4.79 Å². The molecule has 2 aromatic carbocycles. The molecule has 37 heavy (non-hydrogen) atoms. The molecule has 2 aromatic rings. The summed E-state index contributed by atoms with van der Waals surface area (Å²) in [6.45, 7) is 7.62. The highest BCUT2D eigenvalue weighted by Gasteiger charge is 2.50. The molecule has 0 unspecified atom stereocenters. The summed E-state index contributed by atoms with van der Waals surface area (Å²) >= 11 is 0. The first-order valence-electron chi connectivity index (χ1n) is 12.6. The Kier molecular flexibility index (Phi) is 11.3. The molecule has 1 aliphatic heterocycles. The number of amides is 1. The van der Waals surface area contributed by atoms with Crippen LogP contribution in [0.1, 0.15) is 38.8 Å². The molecule has 0 saturated carbocycles. The van der Waals surface area contributed by atoms with Crippen LogP contribution in [0, 0.1) is 0 Å². The van der Waals surface area contributed by atoms with E-state index in [4.69, 9.17) is 28.4 Å². The molecule has 9 nitrogen and oxygen atoms in total. The van der Waals surface area contributed by atoms with Gasteiger partial charge in [-0.3, -0.25) is 4.79 Å². The molecule has 0 aliphatic carbocycles. The van der Waals surface area contributed by atoms with Gasteiger partial charge in [0.25, 0.3) is 0 Å². The molecule has 1 heterocycles. The molecule has 1 saturated heterocycles. The van der Waals surface area contributed by atoms with E-state index >= 15 is 0 Å². The topological polar surface area (TPSA) is 102 Å². The minimum absolute atomic E-state index is 0.168. The first-order valence-corrected chi connectivity index (χ1v) is 12.6. The second-order valence-corrected chi connectivity index (χ2v) is 8.95. The molecule has 5 atom stereocenters. The number of hydrogen-bond donors (Lipinski definition) is 1. The predicted molar refractivity (Wildman–Crippen MR) is 135 cm³/mol. The van der Waals surface area contributed by atoms with E-state index in [0.717, 1.165) is 11.1 Å². The molecule has 0 spiro atoms. The molecule has 0 aromatic heterocycles. The summed E-state index contributed by atoms with van der Waals surface area (Å²) < 4.78 is 36.0. The van der Waals surface area contributed by atoms with Crippen LogP contribution >= 0.6 is 0 Å². The number of alkyl carbamates (subject to hydrolysis) is 1. The van der Waals surface area contributed by atoms with E-state index in [1.807, 2.05) is 74.5 Å². The fourth-order valence-electron chi connectivity index (χ4n) is 3.98.